The SMILES string of the molecule is O=C1COc2cc(C(F)(F)F)ccc21. The maximum absolute atomic E-state index is 12.2. The minimum absolute atomic E-state index is 0.0184. The predicted molar refractivity (Wildman–Crippen MR) is 41.3 cm³/mol. The first-order chi connectivity index (χ1) is 6.48. The van der Waals surface area contributed by atoms with E-state index in [9.17, 15) is 18.0 Å². The highest BCUT2D eigenvalue weighted by molar-refractivity contribution is 6.02. The molecule has 0 N–H and O–H groups in total. The van der Waals surface area contributed by atoms with Crippen molar-refractivity contribution in [2.75, 3.05) is 6.61 Å². The summed E-state index contributed by atoms with van der Waals surface area (Å²) in [5.41, 5.74) is -0.580. The van der Waals surface area contributed by atoms with Crippen molar-refractivity contribution in [1.82, 2.24) is 0 Å². The molecule has 0 saturated carbocycles. The lowest BCUT2D eigenvalue weighted by Gasteiger charge is -2.07. The summed E-state index contributed by atoms with van der Waals surface area (Å²) in [7, 11) is 0. The monoisotopic (exact) mass is 202 g/mol. The van der Waals surface area contributed by atoms with Crippen LogP contribution in [0.3, 0.4) is 0 Å². The molecule has 1 heterocycles. The molecule has 1 aromatic carbocycles. The second-order valence-electron chi connectivity index (χ2n) is 2.92. The van der Waals surface area contributed by atoms with E-state index in [0.717, 1.165) is 18.2 Å². The molecule has 0 amide bonds. The van der Waals surface area contributed by atoms with E-state index in [1.165, 1.54) is 0 Å². The second-order valence-corrected chi connectivity index (χ2v) is 2.92. The molecule has 0 saturated heterocycles. The molecular weight excluding hydrogens is 197 g/mol. The number of carbonyl (C=O) groups is 1. The Kier molecular flexibility index (Phi) is 1.77. The lowest BCUT2D eigenvalue weighted by molar-refractivity contribution is -0.137. The molecule has 0 bridgehead atoms. The van der Waals surface area contributed by atoms with Crippen molar-refractivity contribution in [2.45, 2.75) is 6.18 Å². The van der Waals surface area contributed by atoms with Gasteiger partial charge < -0.3 is 4.74 Å². The third-order valence-electron chi connectivity index (χ3n) is 1.97. The van der Waals surface area contributed by atoms with Crippen molar-refractivity contribution in [2.24, 2.45) is 0 Å². The Hall–Kier alpha value is -1.52. The minimum Gasteiger partial charge on any atom is -0.485 e. The van der Waals surface area contributed by atoms with Crippen LogP contribution in [0.1, 0.15) is 15.9 Å². The summed E-state index contributed by atoms with van der Waals surface area (Å²) in [5.74, 6) is -0.265. The third-order valence-corrected chi connectivity index (χ3v) is 1.97. The summed E-state index contributed by atoms with van der Waals surface area (Å²) < 4.78 is 41.4. The molecule has 1 aliphatic heterocycles. The van der Waals surface area contributed by atoms with Gasteiger partial charge in [0.2, 0.25) is 5.78 Å². The van der Waals surface area contributed by atoms with Crippen molar-refractivity contribution in [1.29, 1.82) is 0 Å². The zero-order chi connectivity index (χ0) is 10.3. The van der Waals surface area contributed by atoms with E-state index >= 15 is 0 Å². The van der Waals surface area contributed by atoms with Gasteiger partial charge in [-0.15, -0.1) is 0 Å². The van der Waals surface area contributed by atoms with Gasteiger partial charge in [0.25, 0.3) is 0 Å². The van der Waals surface area contributed by atoms with Crippen LogP contribution in [0.25, 0.3) is 0 Å². The van der Waals surface area contributed by atoms with Crippen LogP contribution in [-0.4, -0.2) is 12.4 Å². The van der Waals surface area contributed by atoms with Crippen molar-refractivity contribution >= 4 is 5.78 Å². The fourth-order valence-electron chi connectivity index (χ4n) is 1.27. The molecule has 14 heavy (non-hydrogen) atoms. The molecule has 0 spiro atoms. The summed E-state index contributed by atoms with van der Waals surface area (Å²) in [6.45, 7) is -0.170. The van der Waals surface area contributed by atoms with Crippen molar-refractivity contribution in [3.05, 3.63) is 29.3 Å². The zero-order valence-electron chi connectivity index (χ0n) is 6.89. The van der Waals surface area contributed by atoms with Crippen molar-refractivity contribution < 1.29 is 22.7 Å². The fraction of sp³-hybridized carbons (Fsp3) is 0.222. The summed E-state index contributed by atoms with van der Waals surface area (Å²) >= 11 is 0. The minimum atomic E-state index is -4.40. The highest BCUT2D eigenvalue weighted by atomic mass is 19.4. The van der Waals surface area contributed by atoms with E-state index in [1.807, 2.05) is 0 Å². The Labute approximate surface area is 77.3 Å². The van der Waals surface area contributed by atoms with E-state index in [4.69, 9.17) is 4.74 Å². The highest BCUT2D eigenvalue weighted by Crippen LogP contribution is 2.34. The number of carbonyl (C=O) groups excluding carboxylic acids is 1. The number of hydrogen-bond acceptors (Lipinski definition) is 2. The van der Waals surface area contributed by atoms with Gasteiger partial charge >= 0.3 is 6.18 Å². The molecule has 2 nitrogen and oxygen atoms in total. The van der Waals surface area contributed by atoms with Crippen LogP contribution in [-0.2, 0) is 6.18 Å². The van der Waals surface area contributed by atoms with Gasteiger partial charge in [-0.2, -0.15) is 13.2 Å². The number of fused-ring (bicyclic) bond motifs is 1. The number of ketones is 1. The van der Waals surface area contributed by atoms with Crippen LogP contribution < -0.4 is 4.74 Å². The molecule has 0 radical (unpaired) electrons. The normalized spacial score (nSPS) is 15.2. The van der Waals surface area contributed by atoms with Gasteiger partial charge in [0.1, 0.15) is 5.75 Å². The highest BCUT2D eigenvalue weighted by Gasteiger charge is 2.33. The zero-order valence-corrected chi connectivity index (χ0v) is 6.89. The quantitative estimate of drug-likeness (QED) is 0.645. The molecule has 1 aromatic rings. The molecule has 5 heteroatoms. The van der Waals surface area contributed by atoms with Gasteiger partial charge in [-0.05, 0) is 18.2 Å². The Morgan fingerprint density at radius 3 is 2.64 bits per heavy atom. The summed E-state index contributed by atoms with van der Waals surface area (Å²) in [4.78, 5) is 11.0. The average molecular weight is 202 g/mol. The van der Waals surface area contributed by atoms with Gasteiger partial charge in [-0.1, -0.05) is 0 Å². The van der Waals surface area contributed by atoms with Crippen LogP contribution in [0.15, 0.2) is 18.2 Å². The number of alkyl halides is 3. The van der Waals surface area contributed by atoms with E-state index in [-0.39, 0.29) is 23.7 Å². The topological polar surface area (TPSA) is 26.3 Å². The van der Waals surface area contributed by atoms with Gasteiger partial charge in [-0.3, -0.25) is 4.79 Å². The molecule has 1 aliphatic rings. The first-order valence-corrected chi connectivity index (χ1v) is 3.86. The Morgan fingerprint density at radius 2 is 2.00 bits per heavy atom. The molecule has 74 valence electrons. The molecule has 0 aliphatic carbocycles. The summed E-state index contributed by atoms with van der Waals surface area (Å²) in [6, 6.07) is 2.87. The van der Waals surface area contributed by atoms with E-state index in [2.05, 4.69) is 0 Å². The Bertz CT molecular complexity index is 396. The first kappa shape index (κ1) is 9.05. The van der Waals surface area contributed by atoms with Crippen LogP contribution >= 0.6 is 0 Å². The molecule has 0 aromatic heterocycles. The average Bonchev–Trinajstić information content (AvgIpc) is 2.46. The van der Waals surface area contributed by atoms with Crippen LogP contribution in [0, 0.1) is 0 Å². The van der Waals surface area contributed by atoms with Crippen LogP contribution in [0.5, 0.6) is 5.75 Å². The maximum Gasteiger partial charge on any atom is 0.416 e. The smallest absolute Gasteiger partial charge is 0.416 e. The number of rotatable bonds is 0. The van der Waals surface area contributed by atoms with Crippen molar-refractivity contribution in [3.63, 3.8) is 0 Å². The summed E-state index contributed by atoms with van der Waals surface area (Å²) in [5, 5.41) is 0. The standard InChI is InChI=1S/C9H5F3O2/c10-9(11,12)5-1-2-6-7(13)4-14-8(6)3-5/h1-3H,4H2. The lowest BCUT2D eigenvalue weighted by atomic mass is 10.1. The number of benzene rings is 1. The fourth-order valence-corrected chi connectivity index (χ4v) is 1.27. The molecule has 0 atom stereocenters. The predicted octanol–water partition coefficient (Wildman–Crippen LogP) is 2.28. The molecule has 2 rings (SSSR count). The van der Waals surface area contributed by atoms with Gasteiger partial charge in [0.15, 0.2) is 6.61 Å². The number of ether oxygens (including phenoxy) is 1. The van der Waals surface area contributed by atoms with E-state index < -0.39 is 11.7 Å². The van der Waals surface area contributed by atoms with Crippen LogP contribution in [0.2, 0.25) is 0 Å². The van der Waals surface area contributed by atoms with Crippen LogP contribution in [0.4, 0.5) is 13.2 Å². The number of halogens is 3. The van der Waals surface area contributed by atoms with Crippen molar-refractivity contribution in [3.8, 4) is 5.75 Å². The van der Waals surface area contributed by atoms with E-state index in [0.29, 0.717) is 0 Å². The van der Waals surface area contributed by atoms with Gasteiger partial charge in [-0.25, -0.2) is 0 Å². The van der Waals surface area contributed by atoms with Gasteiger partial charge in [0.05, 0.1) is 11.1 Å². The third kappa shape index (κ3) is 1.34. The first-order valence-electron chi connectivity index (χ1n) is 3.86. The maximum atomic E-state index is 12.2. The molecule has 0 fully saturated rings. The van der Waals surface area contributed by atoms with Gasteiger partial charge in [0, 0.05) is 0 Å². The number of Topliss-reactive ketones (excluding diaryl/α,β-unsaturated/α-hetero) is 1. The molecule has 0 unspecified atom stereocenters. The lowest BCUT2D eigenvalue weighted by Crippen LogP contribution is -2.04. The second kappa shape index (κ2) is 2.73. The summed E-state index contributed by atoms with van der Waals surface area (Å²) in [6.07, 6.45) is -4.40. The van der Waals surface area contributed by atoms with E-state index in [1.54, 1.807) is 0 Å². The largest absolute Gasteiger partial charge is 0.485 e. The molecular formula is C9H5F3O2. The number of hydrogen-bond donors (Lipinski definition) is 0. The Balaban J connectivity index is 2.47. The Morgan fingerprint density at radius 1 is 1.29 bits per heavy atom.